The van der Waals surface area contributed by atoms with Crippen molar-refractivity contribution in [3.05, 3.63) is 17.6 Å². The number of rotatable bonds is 9. The van der Waals surface area contributed by atoms with Gasteiger partial charge in [-0.05, 0) is 25.4 Å². The Kier molecular flexibility index (Phi) is 9.64. The Morgan fingerprint density at radius 1 is 1.40 bits per heavy atom. The van der Waals surface area contributed by atoms with Gasteiger partial charge in [0.2, 0.25) is 5.88 Å². The summed E-state index contributed by atoms with van der Waals surface area (Å²) in [6.45, 7) is 7.44. The molecule has 9 nitrogen and oxygen atoms in total. The fourth-order valence-corrected chi connectivity index (χ4v) is 3.42. The van der Waals surface area contributed by atoms with Gasteiger partial charge in [0.25, 0.3) is 0 Å². The van der Waals surface area contributed by atoms with Crippen LogP contribution in [0.15, 0.2) is 6.07 Å². The topological polar surface area (TPSA) is 103 Å². The number of nitrogens with one attached hydrogen (secondary N) is 1. The predicted molar refractivity (Wildman–Crippen MR) is 115 cm³/mol. The van der Waals surface area contributed by atoms with Crippen LogP contribution in [0.1, 0.15) is 37.7 Å². The maximum Gasteiger partial charge on any atom is 0.328 e. The molecule has 0 radical (unpaired) electrons. The van der Waals surface area contributed by atoms with Crippen LogP contribution >= 0.6 is 11.8 Å². The number of esters is 1. The monoisotopic (exact) mass is 440 g/mol. The minimum absolute atomic E-state index is 0.200. The van der Waals surface area contributed by atoms with Crippen molar-refractivity contribution in [1.82, 2.24) is 20.2 Å². The average Bonchev–Trinajstić information content (AvgIpc) is 2.74. The lowest BCUT2D eigenvalue weighted by Crippen LogP contribution is -2.54. The molecule has 0 aliphatic carbocycles. The van der Waals surface area contributed by atoms with Gasteiger partial charge in [-0.25, -0.2) is 14.6 Å². The van der Waals surface area contributed by atoms with Gasteiger partial charge in [-0.3, -0.25) is 0 Å². The zero-order chi connectivity index (χ0) is 22.1. The van der Waals surface area contributed by atoms with Gasteiger partial charge in [0.15, 0.2) is 0 Å². The predicted octanol–water partition coefficient (Wildman–Crippen LogP) is 1.99. The Labute approximate surface area is 182 Å². The zero-order valence-electron chi connectivity index (χ0n) is 18.3. The van der Waals surface area contributed by atoms with E-state index in [1.807, 2.05) is 27.0 Å². The van der Waals surface area contributed by atoms with E-state index in [-0.39, 0.29) is 24.7 Å². The van der Waals surface area contributed by atoms with E-state index < -0.39 is 12.0 Å². The molecule has 2 rings (SSSR count). The summed E-state index contributed by atoms with van der Waals surface area (Å²) >= 11 is 1.61. The first kappa shape index (κ1) is 24.2. The second kappa shape index (κ2) is 11.9. The highest BCUT2D eigenvalue weighted by molar-refractivity contribution is 7.98. The van der Waals surface area contributed by atoms with Gasteiger partial charge < -0.3 is 24.4 Å². The van der Waals surface area contributed by atoms with E-state index in [4.69, 9.17) is 14.2 Å². The molecular formula is C20H32N4O5S. The molecule has 30 heavy (non-hydrogen) atoms. The van der Waals surface area contributed by atoms with E-state index in [0.29, 0.717) is 32.0 Å². The van der Waals surface area contributed by atoms with Crippen molar-refractivity contribution in [1.29, 1.82) is 0 Å². The summed E-state index contributed by atoms with van der Waals surface area (Å²) in [7, 11) is 1.32. The highest BCUT2D eigenvalue weighted by Gasteiger charge is 2.28. The van der Waals surface area contributed by atoms with Crippen LogP contribution in [0.2, 0.25) is 0 Å². The largest absolute Gasteiger partial charge is 0.475 e. The fraction of sp³-hybridized carbons (Fsp3) is 0.700. The Morgan fingerprint density at radius 3 is 2.83 bits per heavy atom. The lowest BCUT2D eigenvalue weighted by Gasteiger charge is -2.33. The SMILES string of the molecule is COC(=O)C(CCSC)NC(=O)N1CCOC(COc2cc(C)nc(C(C)C)n2)C1. The number of ether oxygens (including phenoxy) is 3. The minimum atomic E-state index is -0.661. The molecule has 1 aromatic heterocycles. The number of urea groups is 1. The molecular weight excluding hydrogens is 408 g/mol. The number of carbonyl (C=O) groups is 2. The van der Waals surface area contributed by atoms with Crippen LogP contribution < -0.4 is 10.1 Å². The molecule has 1 saturated heterocycles. The van der Waals surface area contributed by atoms with Crippen LogP contribution in [0.25, 0.3) is 0 Å². The summed E-state index contributed by atoms with van der Waals surface area (Å²) in [6, 6.07) is 0.817. The summed E-state index contributed by atoms with van der Waals surface area (Å²) < 4.78 is 16.4. The van der Waals surface area contributed by atoms with Crippen LogP contribution in [0.5, 0.6) is 5.88 Å². The first-order valence-corrected chi connectivity index (χ1v) is 11.5. The fourth-order valence-electron chi connectivity index (χ4n) is 2.94. The van der Waals surface area contributed by atoms with Crippen LogP contribution in [0.4, 0.5) is 4.79 Å². The number of thioether (sulfide) groups is 1. The van der Waals surface area contributed by atoms with Crippen LogP contribution in [0.3, 0.4) is 0 Å². The molecule has 2 amide bonds. The molecule has 0 saturated carbocycles. The number of amides is 2. The van der Waals surface area contributed by atoms with Crippen LogP contribution in [-0.2, 0) is 14.3 Å². The van der Waals surface area contributed by atoms with Crippen molar-refractivity contribution in [2.24, 2.45) is 0 Å². The van der Waals surface area contributed by atoms with Crippen molar-refractivity contribution in [3.63, 3.8) is 0 Å². The lowest BCUT2D eigenvalue weighted by molar-refractivity contribution is -0.143. The normalized spacial score (nSPS) is 17.5. The van der Waals surface area contributed by atoms with Gasteiger partial charge >= 0.3 is 12.0 Å². The molecule has 1 fully saturated rings. The second-order valence-corrected chi connectivity index (χ2v) is 8.40. The molecule has 0 spiro atoms. The molecule has 0 aromatic carbocycles. The quantitative estimate of drug-likeness (QED) is 0.582. The van der Waals surface area contributed by atoms with E-state index in [1.54, 1.807) is 22.7 Å². The van der Waals surface area contributed by atoms with Crippen molar-refractivity contribution in [2.75, 3.05) is 45.4 Å². The summed E-state index contributed by atoms with van der Waals surface area (Å²) in [6.07, 6.45) is 2.18. The van der Waals surface area contributed by atoms with Gasteiger partial charge in [0.05, 0.1) is 20.3 Å². The Balaban J connectivity index is 1.91. The maximum absolute atomic E-state index is 12.7. The molecule has 2 atom stereocenters. The molecule has 1 aliphatic heterocycles. The van der Waals surface area contributed by atoms with Crippen molar-refractivity contribution in [3.8, 4) is 5.88 Å². The molecule has 2 unspecified atom stereocenters. The number of aryl methyl sites for hydroxylation is 1. The summed E-state index contributed by atoms with van der Waals surface area (Å²) in [5, 5.41) is 2.78. The summed E-state index contributed by atoms with van der Waals surface area (Å²) in [5.41, 5.74) is 0.841. The van der Waals surface area contributed by atoms with Gasteiger partial charge in [0.1, 0.15) is 24.6 Å². The number of hydrogen-bond acceptors (Lipinski definition) is 8. The Bertz CT molecular complexity index is 718. The maximum atomic E-state index is 12.7. The third-order valence-electron chi connectivity index (χ3n) is 4.60. The smallest absolute Gasteiger partial charge is 0.328 e. The standard InChI is InChI=1S/C20H32N4O5S/c1-13(2)18-21-14(3)10-17(23-18)29-12-15-11-24(7-8-28-15)20(26)22-16(6-9-30-5)19(25)27-4/h10,13,15-16H,6-9,11-12H2,1-5H3,(H,22,26). The van der Waals surface area contributed by atoms with E-state index in [1.165, 1.54) is 7.11 Å². The van der Waals surface area contributed by atoms with Crippen LogP contribution in [0, 0.1) is 6.92 Å². The molecule has 1 N–H and O–H groups in total. The number of morpholine rings is 1. The number of hydrogen-bond donors (Lipinski definition) is 1. The van der Waals surface area contributed by atoms with E-state index in [0.717, 1.165) is 17.3 Å². The zero-order valence-corrected chi connectivity index (χ0v) is 19.2. The molecule has 1 aromatic rings. The Morgan fingerprint density at radius 2 is 2.17 bits per heavy atom. The molecule has 2 heterocycles. The third kappa shape index (κ3) is 7.32. The van der Waals surface area contributed by atoms with Crippen molar-refractivity contribution < 1.29 is 23.8 Å². The molecule has 1 aliphatic rings. The Hall–Kier alpha value is -2.07. The number of nitrogens with zero attached hydrogens (tertiary/aromatic N) is 3. The van der Waals surface area contributed by atoms with Gasteiger partial charge in [-0.2, -0.15) is 16.7 Å². The first-order chi connectivity index (χ1) is 14.3. The van der Waals surface area contributed by atoms with E-state index in [2.05, 4.69) is 15.3 Å². The van der Waals surface area contributed by atoms with Crippen molar-refractivity contribution >= 4 is 23.8 Å². The van der Waals surface area contributed by atoms with Gasteiger partial charge in [-0.15, -0.1) is 0 Å². The second-order valence-electron chi connectivity index (χ2n) is 7.42. The van der Waals surface area contributed by atoms with Crippen LogP contribution in [-0.4, -0.2) is 84.4 Å². The summed E-state index contributed by atoms with van der Waals surface area (Å²) in [4.78, 5) is 35.1. The van der Waals surface area contributed by atoms with Gasteiger partial charge in [-0.1, -0.05) is 13.8 Å². The minimum Gasteiger partial charge on any atom is -0.475 e. The van der Waals surface area contributed by atoms with E-state index in [9.17, 15) is 9.59 Å². The number of carbonyl (C=O) groups excluding carboxylic acids is 2. The molecule has 10 heteroatoms. The highest BCUT2D eigenvalue weighted by Crippen LogP contribution is 2.16. The molecule has 168 valence electrons. The number of methoxy groups -OCH3 is 1. The lowest BCUT2D eigenvalue weighted by atomic mass is 10.2. The summed E-state index contributed by atoms with van der Waals surface area (Å²) in [5.74, 6) is 1.74. The third-order valence-corrected chi connectivity index (χ3v) is 5.25. The highest BCUT2D eigenvalue weighted by atomic mass is 32.2. The number of aromatic nitrogens is 2. The van der Waals surface area contributed by atoms with Crippen molar-refractivity contribution in [2.45, 2.75) is 45.3 Å². The molecule has 0 bridgehead atoms. The first-order valence-electron chi connectivity index (χ1n) is 10.1. The van der Waals surface area contributed by atoms with E-state index >= 15 is 0 Å². The van der Waals surface area contributed by atoms with Gasteiger partial charge in [0, 0.05) is 24.2 Å². The average molecular weight is 441 g/mol.